The molecule has 32 heavy (non-hydrogen) atoms. The molecule has 0 saturated heterocycles. The lowest BCUT2D eigenvalue weighted by molar-refractivity contribution is 0.0571. The molecular weight excluding hydrogens is 420 g/mol. The summed E-state index contributed by atoms with van der Waals surface area (Å²) >= 11 is 0. The third kappa shape index (κ3) is 2.84. The van der Waals surface area contributed by atoms with Gasteiger partial charge in [0.25, 0.3) is 5.91 Å². The first-order chi connectivity index (χ1) is 15.4. The highest BCUT2D eigenvalue weighted by molar-refractivity contribution is 5.96. The van der Waals surface area contributed by atoms with Crippen LogP contribution in [0.4, 0.5) is 8.78 Å². The minimum absolute atomic E-state index is 0.0230. The van der Waals surface area contributed by atoms with Crippen LogP contribution in [-0.2, 0) is 0 Å². The van der Waals surface area contributed by atoms with Crippen LogP contribution in [0, 0.1) is 11.6 Å². The SMILES string of the molecule is CN1C(=O)c2c(O)c(=O)ccn2N2[C@H](c3ccccc3)c3ccc(F)c(F)c3OCC[C@@H]12. The molecule has 0 aliphatic carbocycles. The second-order valence-electron chi connectivity index (χ2n) is 7.73. The van der Waals surface area contributed by atoms with Crippen LogP contribution in [0.25, 0.3) is 0 Å². The molecule has 0 fully saturated rings. The average Bonchev–Trinajstić information content (AvgIpc) is 2.78. The molecule has 1 amide bonds. The molecular formula is C23H19F2N3O4. The van der Waals surface area contributed by atoms with Crippen molar-refractivity contribution in [2.24, 2.45) is 0 Å². The normalized spacial score (nSPS) is 19.9. The van der Waals surface area contributed by atoms with Crippen molar-refractivity contribution in [3.63, 3.8) is 0 Å². The van der Waals surface area contributed by atoms with E-state index in [9.17, 15) is 23.5 Å². The van der Waals surface area contributed by atoms with E-state index in [1.807, 2.05) is 30.3 Å². The van der Waals surface area contributed by atoms with Gasteiger partial charge in [0.05, 0.1) is 6.61 Å². The van der Waals surface area contributed by atoms with E-state index in [0.717, 1.165) is 17.7 Å². The van der Waals surface area contributed by atoms with Crippen molar-refractivity contribution in [3.8, 4) is 11.5 Å². The van der Waals surface area contributed by atoms with Gasteiger partial charge in [0.1, 0.15) is 12.2 Å². The lowest BCUT2D eigenvalue weighted by Crippen LogP contribution is -2.62. The number of nitrogens with zero attached hydrogens (tertiary/aromatic N) is 3. The van der Waals surface area contributed by atoms with Gasteiger partial charge in [-0.05, 0) is 17.7 Å². The summed E-state index contributed by atoms with van der Waals surface area (Å²) in [7, 11) is 1.57. The summed E-state index contributed by atoms with van der Waals surface area (Å²) in [4.78, 5) is 26.6. The number of hydrogen-bond acceptors (Lipinski definition) is 5. The summed E-state index contributed by atoms with van der Waals surface area (Å²) in [5.41, 5.74) is 0.202. The number of rotatable bonds is 1. The van der Waals surface area contributed by atoms with Gasteiger partial charge in [0.2, 0.25) is 11.2 Å². The van der Waals surface area contributed by atoms with Crippen LogP contribution in [0.15, 0.2) is 59.5 Å². The largest absolute Gasteiger partial charge is 0.502 e. The van der Waals surface area contributed by atoms with Crippen molar-refractivity contribution >= 4 is 5.91 Å². The maximum Gasteiger partial charge on any atom is 0.277 e. The topological polar surface area (TPSA) is 75.0 Å². The number of ether oxygens (including phenoxy) is 1. The van der Waals surface area contributed by atoms with E-state index in [2.05, 4.69) is 0 Å². The lowest BCUT2D eigenvalue weighted by Gasteiger charge is -2.49. The van der Waals surface area contributed by atoms with Crippen molar-refractivity contribution < 1.29 is 23.4 Å². The van der Waals surface area contributed by atoms with Gasteiger partial charge >= 0.3 is 0 Å². The number of carbonyl (C=O) groups excluding carboxylic acids is 1. The number of carbonyl (C=O) groups is 1. The van der Waals surface area contributed by atoms with E-state index >= 15 is 0 Å². The quantitative estimate of drug-likeness (QED) is 0.631. The molecule has 0 saturated carbocycles. The smallest absolute Gasteiger partial charge is 0.277 e. The van der Waals surface area contributed by atoms with Gasteiger partial charge in [0, 0.05) is 31.3 Å². The van der Waals surface area contributed by atoms with Crippen LogP contribution in [0.2, 0.25) is 0 Å². The second kappa shape index (κ2) is 7.37. The number of fused-ring (bicyclic) bond motifs is 4. The summed E-state index contributed by atoms with van der Waals surface area (Å²) in [6, 6.07) is 12.0. The molecule has 0 radical (unpaired) electrons. The monoisotopic (exact) mass is 439 g/mol. The molecule has 0 spiro atoms. The molecule has 3 aromatic rings. The molecule has 0 unspecified atom stereocenters. The maximum atomic E-state index is 14.8. The van der Waals surface area contributed by atoms with Crippen molar-refractivity contribution in [2.75, 3.05) is 18.7 Å². The van der Waals surface area contributed by atoms with Crippen molar-refractivity contribution in [1.82, 2.24) is 9.58 Å². The third-order valence-electron chi connectivity index (χ3n) is 5.96. The van der Waals surface area contributed by atoms with Crippen molar-refractivity contribution in [1.29, 1.82) is 0 Å². The molecule has 2 aromatic carbocycles. The van der Waals surface area contributed by atoms with E-state index in [0.29, 0.717) is 5.56 Å². The van der Waals surface area contributed by atoms with E-state index in [-0.39, 0.29) is 24.5 Å². The molecule has 1 N–H and O–H groups in total. The van der Waals surface area contributed by atoms with Crippen molar-refractivity contribution in [2.45, 2.75) is 18.6 Å². The Morgan fingerprint density at radius 1 is 1.06 bits per heavy atom. The standard InChI is InChI=1S/C23H19F2N3O4/c1-26-17-10-12-32-22-14(7-8-15(24)18(22)25)19(13-5-3-2-4-6-13)28(17)27-11-9-16(29)21(30)20(27)23(26)31/h2-9,11,17,19,30H,10,12H2,1H3/t17-,19+/m0/s1. The zero-order valence-electron chi connectivity index (χ0n) is 17.0. The molecule has 2 aliphatic heterocycles. The number of amides is 1. The van der Waals surface area contributed by atoms with E-state index < -0.39 is 40.9 Å². The van der Waals surface area contributed by atoms with Crippen LogP contribution >= 0.6 is 0 Å². The van der Waals surface area contributed by atoms with Crippen molar-refractivity contribution in [3.05, 3.63) is 93.4 Å². The third-order valence-corrected chi connectivity index (χ3v) is 5.96. The zero-order valence-corrected chi connectivity index (χ0v) is 17.0. The minimum Gasteiger partial charge on any atom is -0.502 e. The summed E-state index contributed by atoms with van der Waals surface area (Å²) in [5.74, 6) is -3.52. The highest BCUT2D eigenvalue weighted by Gasteiger charge is 2.43. The Balaban J connectivity index is 1.85. The molecule has 0 bridgehead atoms. The predicted molar refractivity (Wildman–Crippen MR) is 111 cm³/mol. The highest BCUT2D eigenvalue weighted by Crippen LogP contribution is 2.41. The van der Waals surface area contributed by atoms with Gasteiger partial charge in [-0.1, -0.05) is 30.3 Å². The van der Waals surface area contributed by atoms with E-state index in [1.54, 1.807) is 12.1 Å². The number of halogens is 2. The van der Waals surface area contributed by atoms with E-state index in [1.165, 1.54) is 21.8 Å². The summed E-state index contributed by atoms with van der Waals surface area (Å²) in [6.45, 7) is 0.0230. The lowest BCUT2D eigenvalue weighted by atomic mass is 9.94. The Morgan fingerprint density at radius 2 is 1.81 bits per heavy atom. The van der Waals surface area contributed by atoms with Gasteiger partial charge in [0.15, 0.2) is 23.0 Å². The maximum absolute atomic E-state index is 14.8. The van der Waals surface area contributed by atoms with Crippen LogP contribution < -0.4 is 15.2 Å². The molecule has 2 aliphatic rings. The zero-order chi connectivity index (χ0) is 22.6. The summed E-state index contributed by atoms with van der Waals surface area (Å²) in [5, 5.41) is 12.2. The Bertz CT molecular complexity index is 1280. The van der Waals surface area contributed by atoms with Crippen LogP contribution in [-0.4, -0.2) is 40.4 Å². The minimum atomic E-state index is -1.09. The fraction of sp³-hybridized carbons (Fsp3) is 0.217. The van der Waals surface area contributed by atoms with Gasteiger partial charge in [-0.2, -0.15) is 4.39 Å². The first-order valence-corrected chi connectivity index (χ1v) is 10.1. The number of benzene rings is 2. The molecule has 7 nitrogen and oxygen atoms in total. The molecule has 3 heterocycles. The predicted octanol–water partition coefficient (Wildman–Crippen LogP) is 2.75. The first-order valence-electron chi connectivity index (χ1n) is 10.1. The molecule has 1 aromatic heterocycles. The molecule has 2 atom stereocenters. The Hall–Kier alpha value is -3.88. The number of aromatic nitrogens is 1. The highest BCUT2D eigenvalue weighted by atomic mass is 19.2. The molecule has 9 heteroatoms. The Kier molecular flexibility index (Phi) is 4.61. The number of hydrogen-bond donors (Lipinski definition) is 1. The van der Waals surface area contributed by atoms with Crippen LogP contribution in [0.1, 0.15) is 34.1 Å². The Morgan fingerprint density at radius 3 is 2.56 bits per heavy atom. The average molecular weight is 439 g/mol. The van der Waals surface area contributed by atoms with Crippen LogP contribution in [0.5, 0.6) is 11.5 Å². The fourth-order valence-corrected chi connectivity index (χ4v) is 4.44. The first kappa shape index (κ1) is 20.0. The van der Waals surface area contributed by atoms with Crippen LogP contribution in [0.3, 0.4) is 0 Å². The molecule has 164 valence electrons. The number of pyridine rings is 1. The van der Waals surface area contributed by atoms with Gasteiger partial charge in [-0.3, -0.25) is 19.3 Å². The van der Waals surface area contributed by atoms with Gasteiger partial charge in [-0.25, -0.2) is 4.39 Å². The van der Waals surface area contributed by atoms with Gasteiger partial charge < -0.3 is 14.7 Å². The van der Waals surface area contributed by atoms with E-state index in [4.69, 9.17) is 4.74 Å². The Labute approximate surface area is 181 Å². The summed E-state index contributed by atoms with van der Waals surface area (Å²) < 4.78 is 35.9. The second-order valence-corrected chi connectivity index (χ2v) is 7.73. The fourth-order valence-electron chi connectivity index (χ4n) is 4.44. The molecule has 5 rings (SSSR count). The summed E-state index contributed by atoms with van der Waals surface area (Å²) in [6.07, 6.45) is 1.13. The number of aromatic hydroxyl groups is 1. The van der Waals surface area contributed by atoms with Gasteiger partial charge in [-0.15, -0.1) is 0 Å².